The summed E-state index contributed by atoms with van der Waals surface area (Å²) >= 11 is 5.76. The van der Waals surface area contributed by atoms with Crippen molar-refractivity contribution in [2.75, 3.05) is 4.72 Å². The molecule has 0 spiro atoms. The van der Waals surface area contributed by atoms with Gasteiger partial charge in [0.25, 0.3) is 10.0 Å². The van der Waals surface area contributed by atoms with Crippen LogP contribution in [-0.2, 0) is 10.0 Å². The van der Waals surface area contributed by atoms with Gasteiger partial charge in [-0.05, 0) is 37.3 Å². The van der Waals surface area contributed by atoms with Crippen LogP contribution in [0.5, 0.6) is 0 Å². The highest BCUT2D eigenvalue weighted by Gasteiger charge is 2.18. The Labute approximate surface area is 149 Å². The molecule has 8 heteroatoms. The first-order valence-electron chi connectivity index (χ1n) is 7.18. The van der Waals surface area contributed by atoms with Crippen LogP contribution in [0.3, 0.4) is 0 Å². The number of para-hydroxylation sites is 1. The lowest BCUT2D eigenvalue weighted by molar-refractivity contribution is -0.255. The summed E-state index contributed by atoms with van der Waals surface area (Å²) in [4.78, 5) is 15.2. The zero-order valence-corrected chi connectivity index (χ0v) is 14.6. The minimum Gasteiger partial charge on any atom is -0.545 e. The summed E-state index contributed by atoms with van der Waals surface area (Å²) in [6, 6.07) is 12.1. The van der Waals surface area contributed by atoms with E-state index in [4.69, 9.17) is 11.6 Å². The molecule has 0 aliphatic rings. The van der Waals surface area contributed by atoms with Gasteiger partial charge >= 0.3 is 0 Å². The van der Waals surface area contributed by atoms with Crippen molar-refractivity contribution in [3.8, 4) is 0 Å². The van der Waals surface area contributed by atoms with E-state index in [1.807, 2.05) is 0 Å². The van der Waals surface area contributed by atoms with Crippen LogP contribution >= 0.6 is 11.6 Å². The number of halogens is 1. The van der Waals surface area contributed by atoms with E-state index in [0.717, 1.165) is 6.07 Å². The predicted octanol–water partition coefficient (Wildman–Crippen LogP) is 2.36. The Hall–Kier alpha value is -2.64. The average molecular weight is 376 g/mol. The first kappa shape index (κ1) is 17.2. The molecule has 0 amide bonds. The first-order chi connectivity index (χ1) is 11.8. The summed E-state index contributed by atoms with van der Waals surface area (Å²) in [6.45, 7) is 1.75. The molecule has 0 atom stereocenters. The van der Waals surface area contributed by atoms with Crippen molar-refractivity contribution in [2.24, 2.45) is 0 Å². The zero-order valence-electron chi connectivity index (χ0n) is 13.0. The van der Waals surface area contributed by atoms with Gasteiger partial charge in [-0.25, -0.2) is 8.42 Å². The Balaban J connectivity index is 2.09. The minimum absolute atomic E-state index is 0.0934. The fraction of sp³-hybridized carbons (Fsp3) is 0.0588. The predicted molar refractivity (Wildman–Crippen MR) is 93.1 cm³/mol. The Morgan fingerprint density at radius 3 is 2.60 bits per heavy atom. The van der Waals surface area contributed by atoms with E-state index in [2.05, 4.69) is 9.71 Å². The molecule has 0 fully saturated rings. The molecule has 128 valence electrons. The molecular weight excluding hydrogens is 364 g/mol. The van der Waals surface area contributed by atoms with Gasteiger partial charge in [-0.3, -0.25) is 9.71 Å². The number of benzene rings is 2. The van der Waals surface area contributed by atoms with Gasteiger partial charge in [-0.2, -0.15) is 0 Å². The number of rotatable bonds is 4. The molecule has 0 saturated heterocycles. The molecule has 2 aromatic carbocycles. The van der Waals surface area contributed by atoms with Gasteiger partial charge < -0.3 is 9.90 Å². The molecule has 0 aliphatic heterocycles. The first-order valence-corrected chi connectivity index (χ1v) is 9.04. The lowest BCUT2D eigenvalue weighted by Gasteiger charge is -2.13. The van der Waals surface area contributed by atoms with E-state index < -0.39 is 16.0 Å². The quantitative estimate of drug-likeness (QED) is 0.754. The fourth-order valence-corrected chi connectivity index (χ4v) is 3.72. The molecule has 0 saturated carbocycles. The summed E-state index contributed by atoms with van der Waals surface area (Å²) in [7, 11) is -4.02. The van der Waals surface area contributed by atoms with Crippen LogP contribution in [0, 0.1) is 6.92 Å². The molecule has 3 aromatic rings. The Morgan fingerprint density at radius 1 is 1.16 bits per heavy atom. The number of fused-ring (bicyclic) bond motifs is 1. The van der Waals surface area contributed by atoms with E-state index >= 15 is 0 Å². The van der Waals surface area contributed by atoms with Crippen LogP contribution in [0.4, 0.5) is 5.69 Å². The number of anilines is 1. The number of hydrogen-bond donors (Lipinski definition) is 1. The Bertz CT molecular complexity index is 1100. The van der Waals surface area contributed by atoms with E-state index in [1.54, 1.807) is 37.3 Å². The van der Waals surface area contributed by atoms with Crippen LogP contribution in [-0.4, -0.2) is 19.4 Å². The standard InChI is InChI=1S/C17H13ClN2O4S/c1-10-8-16(12-4-2-3-5-15(12)19-10)20-25(23,24)11-6-7-14(18)13(9-11)17(21)22/h2-9H,1H3,(H,19,20)(H,21,22)/p-1. The number of sulfonamides is 1. The SMILES string of the molecule is Cc1cc(NS(=O)(=O)c2ccc(Cl)c(C(=O)[O-])c2)c2ccccc2n1. The number of nitrogens with one attached hydrogen (secondary N) is 1. The van der Waals surface area contributed by atoms with Crippen LogP contribution in [0.25, 0.3) is 10.9 Å². The lowest BCUT2D eigenvalue weighted by Crippen LogP contribution is -2.23. The number of aromatic carboxylic acids is 1. The maximum atomic E-state index is 12.7. The van der Waals surface area contributed by atoms with Gasteiger partial charge in [-0.15, -0.1) is 0 Å². The molecule has 25 heavy (non-hydrogen) atoms. The highest BCUT2D eigenvalue weighted by molar-refractivity contribution is 7.92. The monoisotopic (exact) mass is 375 g/mol. The van der Waals surface area contributed by atoms with Crippen molar-refractivity contribution in [3.05, 3.63) is 64.8 Å². The van der Waals surface area contributed by atoms with Gasteiger partial charge in [0, 0.05) is 21.7 Å². The molecular formula is C17H12ClN2O4S-. The van der Waals surface area contributed by atoms with Gasteiger partial charge in [0.2, 0.25) is 0 Å². The number of aromatic nitrogens is 1. The fourth-order valence-electron chi connectivity index (χ4n) is 2.42. The highest BCUT2D eigenvalue weighted by atomic mass is 35.5. The third-order valence-electron chi connectivity index (χ3n) is 3.56. The molecule has 1 aromatic heterocycles. The van der Waals surface area contributed by atoms with Gasteiger partial charge in [0.05, 0.1) is 22.1 Å². The molecule has 3 rings (SSSR count). The maximum absolute atomic E-state index is 12.7. The van der Waals surface area contributed by atoms with Crippen LogP contribution in [0.2, 0.25) is 5.02 Å². The van der Waals surface area contributed by atoms with Gasteiger partial charge in [0.1, 0.15) is 0 Å². The normalized spacial score (nSPS) is 11.4. The van der Waals surface area contributed by atoms with E-state index in [0.29, 0.717) is 22.3 Å². The highest BCUT2D eigenvalue weighted by Crippen LogP contribution is 2.27. The molecule has 0 aliphatic carbocycles. The van der Waals surface area contributed by atoms with Crippen molar-refractivity contribution in [2.45, 2.75) is 11.8 Å². The van der Waals surface area contributed by atoms with Crippen molar-refractivity contribution in [1.82, 2.24) is 4.98 Å². The lowest BCUT2D eigenvalue weighted by atomic mass is 10.2. The third-order valence-corrected chi connectivity index (χ3v) is 5.25. The number of carbonyl (C=O) groups excluding carboxylic acids is 1. The average Bonchev–Trinajstić information content (AvgIpc) is 2.54. The molecule has 0 bridgehead atoms. The Kier molecular flexibility index (Phi) is 4.36. The second kappa shape index (κ2) is 6.34. The molecule has 0 unspecified atom stereocenters. The number of carbonyl (C=O) groups is 1. The smallest absolute Gasteiger partial charge is 0.261 e. The zero-order chi connectivity index (χ0) is 18.2. The van der Waals surface area contributed by atoms with E-state index in [9.17, 15) is 18.3 Å². The number of aryl methyl sites for hydroxylation is 1. The molecule has 6 nitrogen and oxygen atoms in total. The number of nitrogens with zero attached hydrogens (tertiary/aromatic N) is 1. The van der Waals surface area contributed by atoms with Crippen molar-refractivity contribution in [3.63, 3.8) is 0 Å². The van der Waals surface area contributed by atoms with E-state index in [1.165, 1.54) is 12.1 Å². The Morgan fingerprint density at radius 2 is 1.88 bits per heavy atom. The second-order valence-corrected chi connectivity index (χ2v) is 7.45. The van der Waals surface area contributed by atoms with Crippen LogP contribution in [0.15, 0.2) is 53.4 Å². The summed E-state index contributed by atoms with van der Waals surface area (Å²) in [5, 5.41) is 11.6. The second-order valence-electron chi connectivity index (χ2n) is 5.36. The molecule has 1 N–H and O–H groups in total. The summed E-state index contributed by atoms with van der Waals surface area (Å²) in [5.41, 5.74) is 1.25. The topological polar surface area (TPSA) is 99.2 Å². The number of hydrogen-bond acceptors (Lipinski definition) is 5. The maximum Gasteiger partial charge on any atom is 0.261 e. The van der Waals surface area contributed by atoms with Crippen LogP contribution < -0.4 is 9.83 Å². The molecule has 0 radical (unpaired) electrons. The van der Waals surface area contributed by atoms with Gasteiger partial charge in [-0.1, -0.05) is 29.8 Å². The van der Waals surface area contributed by atoms with Crippen molar-refractivity contribution >= 4 is 44.2 Å². The number of carboxylic acid groups (broad SMARTS) is 1. The summed E-state index contributed by atoms with van der Waals surface area (Å²) in [5.74, 6) is -1.55. The summed E-state index contributed by atoms with van der Waals surface area (Å²) < 4.78 is 27.8. The van der Waals surface area contributed by atoms with Gasteiger partial charge in [0.15, 0.2) is 0 Å². The van der Waals surface area contributed by atoms with E-state index in [-0.39, 0.29) is 15.5 Å². The largest absolute Gasteiger partial charge is 0.545 e. The van der Waals surface area contributed by atoms with Crippen molar-refractivity contribution in [1.29, 1.82) is 0 Å². The third kappa shape index (κ3) is 3.42. The number of carboxylic acids is 1. The molecule has 1 heterocycles. The van der Waals surface area contributed by atoms with Crippen LogP contribution in [0.1, 0.15) is 16.1 Å². The summed E-state index contributed by atoms with van der Waals surface area (Å²) in [6.07, 6.45) is 0. The minimum atomic E-state index is -4.02. The number of pyridine rings is 1. The van der Waals surface area contributed by atoms with Crippen molar-refractivity contribution < 1.29 is 18.3 Å².